The van der Waals surface area contributed by atoms with E-state index in [0.717, 1.165) is 23.5 Å². The summed E-state index contributed by atoms with van der Waals surface area (Å²) in [6.07, 6.45) is 0. The van der Waals surface area contributed by atoms with E-state index in [1.54, 1.807) is 22.8 Å². The molecule has 1 heterocycles. The van der Waals surface area contributed by atoms with Crippen molar-refractivity contribution in [3.63, 3.8) is 0 Å². The largest absolute Gasteiger partial charge is 0.465 e. The molecule has 0 aliphatic heterocycles. The van der Waals surface area contributed by atoms with E-state index in [0.29, 0.717) is 28.9 Å². The summed E-state index contributed by atoms with van der Waals surface area (Å²) in [6.45, 7) is 0.694. The van der Waals surface area contributed by atoms with Crippen LogP contribution in [-0.2, 0) is 16.0 Å². The summed E-state index contributed by atoms with van der Waals surface area (Å²) in [5, 5.41) is 0. The quantitative estimate of drug-likeness (QED) is 0.611. The fraction of sp³-hybridized carbons (Fsp3) is 0.211. The molecule has 146 valence electrons. The topological polar surface area (TPSA) is 69.9 Å². The van der Waals surface area contributed by atoms with Crippen LogP contribution in [0.1, 0.15) is 20.7 Å². The predicted molar refractivity (Wildman–Crippen MR) is 99.3 cm³/mol. The molecule has 3 aromatic rings. The van der Waals surface area contributed by atoms with Gasteiger partial charge >= 0.3 is 5.97 Å². The number of esters is 1. The molecule has 6 nitrogen and oxygen atoms in total. The second kappa shape index (κ2) is 8.41. The Morgan fingerprint density at radius 3 is 2.50 bits per heavy atom. The van der Waals surface area contributed by atoms with Gasteiger partial charge in [-0.2, -0.15) is 4.99 Å². The Balaban J connectivity index is 2.16. The molecule has 1 aromatic heterocycles. The number of halogens is 2. The molecule has 0 aliphatic rings. The van der Waals surface area contributed by atoms with Gasteiger partial charge in [-0.25, -0.2) is 13.6 Å². The first-order valence-corrected chi connectivity index (χ1v) is 9.01. The highest BCUT2D eigenvalue weighted by molar-refractivity contribution is 7.16. The van der Waals surface area contributed by atoms with Crippen molar-refractivity contribution in [1.82, 2.24) is 4.57 Å². The standard InChI is InChI=1S/C19H16F2N2O4S/c1-26-9-8-23-14-7-6-11(18(25)27-2)10-15(14)28-19(23)22-17(24)16-12(20)4-3-5-13(16)21/h3-7,10H,8-9H2,1-2H3. The number of amides is 1. The molecule has 3 rings (SSSR count). The zero-order valence-corrected chi connectivity index (χ0v) is 15.9. The number of hydrogen-bond acceptors (Lipinski definition) is 5. The molecular weight excluding hydrogens is 390 g/mol. The van der Waals surface area contributed by atoms with Crippen molar-refractivity contribution in [2.75, 3.05) is 20.8 Å². The summed E-state index contributed by atoms with van der Waals surface area (Å²) in [7, 11) is 2.81. The van der Waals surface area contributed by atoms with E-state index in [1.165, 1.54) is 20.3 Å². The maximum Gasteiger partial charge on any atom is 0.337 e. The molecule has 0 spiro atoms. The number of thiazole rings is 1. The highest BCUT2D eigenvalue weighted by atomic mass is 32.1. The molecule has 1 amide bonds. The van der Waals surface area contributed by atoms with Gasteiger partial charge in [0.15, 0.2) is 4.80 Å². The second-order valence-electron chi connectivity index (χ2n) is 5.72. The zero-order chi connectivity index (χ0) is 20.3. The summed E-state index contributed by atoms with van der Waals surface area (Å²) in [6, 6.07) is 8.07. The number of hydrogen-bond donors (Lipinski definition) is 0. The number of fused-ring (bicyclic) bond motifs is 1. The Hall–Kier alpha value is -2.91. The van der Waals surface area contributed by atoms with E-state index in [4.69, 9.17) is 9.47 Å². The minimum absolute atomic E-state index is 0.238. The van der Waals surface area contributed by atoms with Gasteiger partial charge in [0.1, 0.15) is 17.2 Å². The Kier molecular flexibility index (Phi) is 5.96. The van der Waals surface area contributed by atoms with Crippen molar-refractivity contribution in [1.29, 1.82) is 0 Å². The third-order valence-electron chi connectivity index (χ3n) is 4.00. The number of benzene rings is 2. The number of carbonyl (C=O) groups excluding carboxylic acids is 2. The monoisotopic (exact) mass is 406 g/mol. The summed E-state index contributed by atoms with van der Waals surface area (Å²) in [4.78, 5) is 28.3. The Morgan fingerprint density at radius 1 is 1.14 bits per heavy atom. The van der Waals surface area contributed by atoms with Crippen molar-refractivity contribution < 1.29 is 27.8 Å². The number of carbonyl (C=O) groups is 2. The molecule has 0 bridgehead atoms. The summed E-state index contributed by atoms with van der Waals surface area (Å²) >= 11 is 1.12. The van der Waals surface area contributed by atoms with Crippen LogP contribution in [0.15, 0.2) is 41.4 Å². The van der Waals surface area contributed by atoms with E-state index in [1.807, 2.05) is 0 Å². The van der Waals surface area contributed by atoms with Gasteiger partial charge < -0.3 is 14.0 Å². The van der Waals surface area contributed by atoms with Crippen LogP contribution < -0.4 is 4.80 Å². The van der Waals surface area contributed by atoms with Gasteiger partial charge in [-0.1, -0.05) is 17.4 Å². The Bertz CT molecular complexity index is 1100. The smallest absolute Gasteiger partial charge is 0.337 e. The Morgan fingerprint density at radius 2 is 1.86 bits per heavy atom. The molecule has 0 radical (unpaired) electrons. The van der Waals surface area contributed by atoms with Gasteiger partial charge in [0, 0.05) is 13.7 Å². The Labute approximate surface area is 162 Å². The molecule has 0 N–H and O–H groups in total. The van der Waals surface area contributed by atoms with Crippen LogP contribution in [0.3, 0.4) is 0 Å². The summed E-state index contributed by atoms with van der Waals surface area (Å²) in [5.41, 5.74) is 0.330. The molecule has 0 atom stereocenters. The fourth-order valence-electron chi connectivity index (χ4n) is 2.65. The lowest BCUT2D eigenvalue weighted by molar-refractivity contribution is 0.0600. The lowest BCUT2D eigenvalue weighted by Crippen LogP contribution is -2.20. The lowest BCUT2D eigenvalue weighted by Gasteiger charge is -2.05. The molecule has 9 heteroatoms. The molecule has 0 unspecified atom stereocenters. The second-order valence-corrected chi connectivity index (χ2v) is 6.73. The first kappa shape index (κ1) is 19.8. The first-order chi connectivity index (χ1) is 13.5. The van der Waals surface area contributed by atoms with Crippen LogP contribution in [0.5, 0.6) is 0 Å². The van der Waals surface area contributed by atoms with E-state index in [2.05, 4.69) is 4.99 Å². The van der Waals surface area contributed by atoms with Crippen molar-refractivity contribution >= 4 is 33.4 Å². The number of methoxy groups -OCH3 is 2. The molecular formula is C19H16F2N2O4S. The fourth-order valence-corrected chi connectivity index (χ4v) is 3.74. The van der Waals surface area contributed by atoms with Gasteiger partial charge in [0.2, 0.25) is 0 Å². The average Bonchev–Trinajstić information content (AvgIpc) is 3.01. The minimum atomic E-state index is -1.03. The average molecular weight is 406 g/mol. The van der Waals surface area contributed by atoms with Gasteiger partial charge in [-0.05, 0) is 30.3 Å². The first-order valence-electron chi connectivity index (χ1n) is 8.20. The molecule has 0 saturated carbocycles. The van der Waals surface area contributed by atoms with Crippen LogP contribution in [-0.4, -0.2) is 37.3 Å². The van der Waals surface area contributed by atoms with E-state index in [9.17, 15) is 18.4 Å². The number of aromatic nitrogens is 1. The number of rotatable bonds is 5. The summed E-state index contributed by atoms with van der Waals surface area (Å²) in [5.74, 6) is -3.49. The van der Waals surface area contributed by atoms with Gasteiger partial charge in [-0.15, -0.1) is 0 Å². The normalized spacial score (nSPS) is 11.8. The highest BCUT2D eigenvalue weighted by Crippen LogP contribution is 2.20. The van der Waals surface area contributed by atoms with Crippen LogP contribution in [0.4, 0.5) is 8.78 Å². The number of nitrogens with zero attached hydrogens (tertiary/aromatic N) is 2. The maximum atomic E-state index is 13.9. The van der Waals surface area contributed by atoms with Crippen molar-refractivity contribution in [2.45, 2.75) is 6.54 Å². The SMILES string of the molecule is COCCn1c(=NC(=O)c2c(F)cccc2F)sc2cc(C(=O)OC)ccc21. The van der Waals surface area contributed by atoms with Crippen molar-refractivity contribution in [2.24, 2.45) is 4.99 Å². The minimum Gasteiger partial charge on any atom is -0.465 e. The molecule has 0 fully saturated rings. The molecule has 2 aromatic carbocycles. The lowest BCUT2D eigenvalue weighted by atomic mass is 10.2. The van der Waals surface area contributed by atoms with E-state index >= 15 is 0 Å². The maximum absolute atomic E-state index is 13.9. The van der Waals surface area contributed by atoms with Crippen LogP contribution in [0.25, 0.3) is 10.2 Å². The predicted octanol–water partition coefficient (Wildman–Crippen LogP) is 3.16. The summed E-state index contributed by atoms with van der Waals surface area (Å²) < 4.78 is 40.0. The highest BCUT2D eigenvalue weighted by Gasteiger charge is 2.18. The van der Waals surface area contributed by atoms with E-state index in [-0.39, 0.29) is 4.80 Å². The zero-order valence-electron chi connectivity index (χ0n) is 15.1. The van der Waals surface area contributed by atoms with Gasteiger partial charge in [-0.3, -0.25) is 4.79 Å². The van der Waals surface area contributed by atoms with Crippen LogP contribution in [0, 0.1) is 11.6 Å². The molecule has 0 aliphatic carbocycles. The van der Waals surface area contributed by atoms with E-state index < -0.39 is 29.1 Å². The molecule has 0 saturated heterocycles. The third kappa shape index (κ3) is 3.85. The number of ether oxygens (including phenoxy) is 2. The third-order valence-corrected chi connectivity index (χ3v) is 5.04. The van der Waals surface area contributed by atoms with Crippen LogP contribution in [0.2, 0.25) is 0 Å². The van der Waals surface area contributed by atoms with Crippen molar-refractivity contribution in [3.8, 4) is 0 Å². The van der Waals surface area contributed by atoms with Gasteiger partial charge in [0.05, 0.1) is 29.5 Å². The van der Waals surface area contributed by atoms with Crippen LogP contribution >= 0.6 is 11.3 Å². The van der Waals surface area contributed by atoms with Gasteiger partial charge in [0.25, 0.3) is 5.91 Å². The van der Waals surface area contributed by atoms with Crippen molar-refractivity contribution in [3.05, 3.63) is 64.0 Å². The molecule has 28 heavy (non-hydrogen) atoms.